The van der Waals surface area contributed by atoms with Crippen molar-refractivity contribution >= 4 is 0 Å². The van der Waals surface area contributed by atoms with Crippen LogP contribution in [-0.4, -0.2) is 18.8 Å². The lowest BCUT2D eigenvalue weighted by molar-refractivity contribution is 0.228. The summed E-state index contributed by atoms with van der Waals surface area (Å²) in [5.74, 6) is 0. The summed E-state index contributed by atoms with van der Waals surface area (Å²) in [4.78, 5) is 0. The van der Waals surface area contributed by atoms with Gasteiger partial charge in [0.1, 0.15) is 0 Å². The topological polar surface area (TPSA) is 32.3 Å². The first-order chi connectivity index (χ1) is 7.03. The van der Waals surface area contributed by atoms with Crippen LogP contribution in [0.1, 0.15) is 30.0 Å². The maximum Gasteiger partial charge on any atom is 0.0451 e. The van der Waals surface area contributed by atoms with E-state index in [4.69, 9.17) is 5.11 Å². The lowest BCUT2D eigenvalue weighted by Crippen LogP contribution is -2.38. The molecule has 0 aliphatic heterocycles. The van der Waals surface area contributed by atoms with Gasteiger partial charge in [0.05, 0.1) is 0 Å². The molecular weight excluding hydrogens is 186 g/mol. The number of aliphatic hydroxyl groups is 1. The van der Waals surface area contributed by atoms with Gasteiger partial charge in [-0.2, -0.15) is 0 Å². The van der Waals surface area contributed by atoms with Gasteiger partial charge < -0.3 is 10.4 Å². The van der Waals surface area contributed by atoms with Gasteiger partial charge in [-0.3, -0.25) is 0 Å². The smallest absolute Gasteiger partial charge is 0.0451 e. The first-order valence-electron chi connectivity index (χ1n) is 5.41. The Bertz CT molecular complexity index is 335. The van der Waals surface area contributed by atoms with E-state index in [-0.39, 0.29) is 12.1 Å². The molecule has 0 saturated carbocycles. The fourth-order valence-electron chi connectivity index (χ4n) is 1.95. The summed E-state index contributed by atoms with van der Waals surface area (Å²) < 4.78 is 0. The lowest BCUT2D eigenvalue weighted by atomic mass is 9.85. The van der Waals surface area contributed by atoms with Gasteiger partial charge in [-0.05, 0) is 45.4 Å². The van der Waals surface area contributed by atoms with E-state index in [9.17, 15) is 0 Å². The third-order valence-corrected chi connectivity index (χ3v) is 3.15. The summed E-state index contributed by atoms with van der Waals surface area (Å²) in [6.07, 6.45) is 0.730. The molecule has 0 saturated heterocycles. The first kappa shape index (κ1) is 12.2. The quantitative estimate of drug-likeness (QED) is 0.792. The molecule has 15 heavy (non-hydrogen) atoms. The molecule has 84 valence electrons. The Balaban J connectivity index is 3.16. The van der Waals surface area contributed by atoms with Gasteiger partial charge in [0, 0.05) is 12.1 Å². The van der Waals surface area contributed by atoms with E-state index < -0.39 is 0 Å². The average molecular weight is 207 g/mol. The molecule has 0 radical (unpaired) electrons. The molecule has 1 unspecified atom stereocenters. The summed E-state index contributed by atoms with van der Waals surface area (Å²) in [5, 5.41) is 12.4. The predicted octanol–water partition coefficient (Wildman–Crippen LogP) is 2.12. The van der Waals surface area contributed by atoms with Crippen molar-refractivity contribution in [2.75, 3.05) is 13.7 Å². The number of hydrogen-bond acceptors (Lipinski definition) is 2. The fourth-order valence-corrected chi connectivity index (χ4v) is 1.95. The number of hydrogen-bond donors (Lipinski definition) is 2. The molecule has 1 aromatic rings. The summed E-state index contributed by atoms with van der Waals surface area (Å²) in [6.45, 7) is 6.54. The summed E-state index contributed by atoms with van der Waals surface area (Å²) >= 11 is 0. The van der Waals surface area contributed by atoms with Crippen molar-refractivity contribution in [3.63, 3.8) is 0 Å². The van der Waals surface area contributed by atoms with Crippen LogP contribution in [0.4, 0.5) is 0 Å². The molecule has 0 aliphatic rings. The van der Waals surface area contributed by atoms with Crippen LogP contribution in [0.25, 0.3) is 0 Å². The maximum atomic E-state index is 9.11. The van der Waals surface area contributed by atoms with Crippen molar-refractivity contribution in [1.82, 2.24) is 5.32 Å². The monoisotopic (exact) mass is 207 g/mol. The van der Waals surface area contributed by atoms with Crippen LogP contribution in [0.5, 0.6) is 0 Å². The number of rotatable bonds is 4. The summed E-state index contributed by atoms with van der Waals surface area (Å²) in [6, 6.07) is 6.45. The van der Waals surface area contributed by atoms with Crippen LogP contribution in [0, 0.1) is 13.8 Å². The number of aryl methyl sites for hydroxylation is 2. The van der Waals surface area contributed by atoms with E-state index in [1.54, 1.807) is 0 Å². The maximum absolute atomic E-state index is 9.11. The highest BCUT2D eigenvalue weighted by molar-refractivity contribution is 5.35. The molecule has 1 rings (SSSR count). The van der Waals surface area contributed by atoms with Gasteiger partial charge in [0.25, 0.3) is 0 Å². The van der Waals surface area contributed by atoms with Gasteiger partial charge >= 0.3 is 0 Å². The Morgan fingerprint density at radius 1 is 1.33 bits per heavy atom. The van der Waals surface area contributed by atoms with Crippen LogP contribution in [-0.2, 0) is 5.54 Å². The molecule has 0 aromatic heterocycles. The van der Waals surface area contributed by atoms with E-state index in [2.05, 4.69) is 44.3 Å². The standard InChI is InChI=1S/C13H21NO/c1-10-5-6-11(2)12(9-10)13(3,14-4)7-8-15/h5-6,9,14-15H,7-8H2,1-4H3. The minimum absolute atomic E-state index is 0.134. The third-order valence-electron chi connectivity index (χ3n) is 3.15. The van der Waals surface area contributed by atoms with Crippen LogP contribution >= 0.6 is 0 Å². The Labute approximate surface area is 92.3 Å². The Morgan fingerprint density at radius 2 is 2.00 bits per heavy atom. The zero-order chi connectivity index (χ0) is 11.5. The van der Waals surface area contributed by atoms with Gasteiger partial charge in [-0.15, -0.1) is 0 Å². The minimum atomic E-state index is -0.134. The van der Waals surface area contributed by atoms with Crippen molar-refractivity contribution in [3.8, 4) is 0 Å². The molecule has 1 aromatic carbocycles. The lowest BCUT2D eigenvalue weighted by Gasteiger charge is -2.31. The van der Waals surface area contributed by atoms with E-state index in [0.29, 0.717) is 0 Å². The van der Waals surface area contributed by atoms with Crippen LogP contribution < -0.4 is 5.32 Å². The summed E-state index contributed by atoms with van der Waals surface area (Å²) in [7, 11) is 1.94. The van der Waals surface area contributed by atoms with Crippen molar-refractivity contribution in [1.29, 1.82) is 0 Å². The predicted molar refractivity (Wildman–Crippen MR) is 64.0 cm³/mol. The van der Waals surface area contributed by atoms with E-state index in [1.165, 1.54) is 16.7 Å². The van der Waals surface area contributed by atoms with E-state index in [1.807, 2.05) is 7.05 Å². The highest BCUT2D eigenvalue weighted by Gasteiger charge is 2.25. The molecule has 2 heteroatoms. The second-order valence-corrected chi connectivity index (χ2v) is 4.37. The van der Waals surface area contributed by atoms with Crippen molar-refractivity contribution in [2.45, 2.75) is 32.7 Å². The Morgan fingerprint density at radius 3 is 2.53 bits per heavy atom. The highest BCUT2D eigenvalue weighted by atomic mass is 16.3. The van der Waals surface area contributed by atoms with Crippen molar-refractivity contribution < 1.29 is 5.11 Å². The second-order valence-electron chi connectivity index (χ2n) is 4.37. The molecule has 2 nitrogen and oxygen atoms in total. The Kier molecular flexibility index (Phi) is 3.89. The molecule has 0 amide bonds. The number of aliphatic hydroxyl groups excluding tert-OH is 1. The second kappa shape index (κ2) is 4.77. The Hall–Kier alpha value is -0.860. The molecule has 0 spiro atoms. The highest BCUT2D eigenvalue weighted by Crippen LogP contribution is 2.27. The molecule has 0 aliphatic carbocycles. The van der Waals surface area contributed by atoms with Crippen molar-refractivity contribution in [3.05, 3.63) is 34.9 Å². The number of benzene rings is 1. The van der Waals surface area contributed by atoms with Gasteiger partial charge in [0.2, 0.25) is 0 Å². The van der Waals surface area contributed by atoms with Crippen LogP contribution in [0.2, 0.25) is 0 Å². The number of nitrogens with one attached hydrogen (secondary N) is 1. The summed E-state index contributed by atoms with van der Waals surface area (Å²) in [5.41, 5.74) is 3.67. The molecule has 1 atom stereocenters. The largest absolute Gasteiger partial charge is 0.396 e. The van der Waals surface area contributed by atoms with Gasteiger partial charge in [-0.25, -0.2) is 0 Å². The SMILES string of the molecule is CNC(C)(CCO)c1cc(C)ccc1C. The first-order valence-corrected chi connectivity index (χ1v) is 5.41. The zero-order valence-electron chi connectivity index (χ0n) is 10.1. The van der Waals surface area contributed by atoms with Crippen molar-refractivity contribution in [2.24, 2.45) is 0 Å². The van der Waals surface area contributed by atoms with Crippen LogP contribution in [0.3, 0.4) is 0 Å². The molecular formula is C13H21NO. The molecule has 0 heterocycles. The fraction of sp³-hybridized carbons (Fsp3) is 0.538. The normalized spacial score (nSPS) is 15.0. The van der Waals surface area contributed by atoms with E-state index in [0.717, 1.165) is 6.42 Å². The third kappa shape index (κ3) is 2.58. The molecule has 0 bridgehead atoms. The molecule has 0 fully saturated rings. The van der Waals surface area contributed by atoms with Gasteiger partial charge in [0.15, 0.2) is 0 Å². The molecule has 2 N–H and O–H groups in total. The average Bonchev–Trinajstić information content (AvgIpc) is 2.22. The van der Waals surface area contributed by atoms with E-state index >= 15 is 0 Å². The minimum Gasteiger partial charge on any atom is -0.396 e. The van der Waals surface area contributed by atoms with Crippen LogP contribution in [0.15, 0.2) is 18.2 Å². The zero-order valence-corrected chi connectivity index (χ0v) is 10.1. The van der Waals surface area contributed by atoms with Gasteiger partial charge in [-0.1, -0.05) is 23.8 Å².